The van der Waals surface area contributed by atoms with E-state index in [0.29, 0.717) is 11.7 Å². The molecule has 7 heteroatoms. The summed E-state index contributed by atoms with van der Waals surface area (Å²) >= 11 is 1.35. The van der Waals surface area contributed by atoms with Gasteiger partial charge in [0.1, 0.15) is 16.6 Å². The molecule has 1 N–H and O–H groups in total. The zero-order valence-electron chi connectivity index (χ0n) is 14.0. The molecule has 0 spiro atoms. The highest BCUT2D eigenvalue weighted by atomic mass is 32.1. The van der Waals surface area contributed by atoms with Crippen molar-refractivity contribution in [2.24, 2.45) is 0 Å². The standard InChI is InChI=1S/C19H18FN3O2S/c20-15-10-8-14(9-11-15)13-17(24)21-19-23-22-18(26-19)7-4-12-25-16-5-2-1-3-6-16/h1-3,5-6,8-11H,4,7,12-13H2,(H,21,23,24). The van der Waals surface area contributed by atoms with E-state index in [1.807, 2.05) is 30.3 Å². The predicted molar refractivity (Wildman–Crippen MR) is 98.9 cm³/mol. The number of ether oxygens (including phenoxy) is 1. The smallest absolute Gasteiger partial charge is 0.230 e. The first-order valence-corrected chi connectivity index (χ1v) is 9.05. The van der Waals surface area contributed by atoms with E-state index in [0.717, 1.165) is 29.2 Å². The minimum Gasteiger partial charge on any atom is -0.494 e. The van der Waals surface area contributed by atoms with E-state index in [9.17, 15) is 9.18 Å². The summed E-state index contributed by atoms with van der Waals surface area (Å²) in [5, 5.41) is 12.1. The molecule has 1 amide bonds. The van der Waals surface area contributed by atoms with Gasteiger partial charge in [0.05, 0.1) is 13.0 Å². The Morgan fingerprint density at radius 1 is 1.08 bits per heavy atom. The third-order valence-electron chi connectivity index (χ3n) is 3.54. The SMILES string of the molecule is O=C(Cc1ccc(F)cc1)Nc1nnc(CCCOc2ccccc2)s1. The Labute approximate surface area is 154 Å². The van der Waals surface area contributed by atoms with Crippen molar-refractivity contribution in [3.05, 3.63) is 71.0 Å². The molecule has 0 aliphatic heterocycles. The highest BCUT2D eigenvalue weighted by molar-refractivity contribution is 7.15. The molecule has 0 unspecified atom stereocenters. The van der Waals surface area contributed by atoms with Crippen LogP contribution in [0.1, 0.15) is 17.0 Å². The number of hydrogen-bond acceptors (Lipinski definition) is 5. The minimum absolute atomic E-state index is 0.167. The summed E-state index contributed by atoms with van der Waals surface area (Å²) in [7, 11) is 0. The van der Waals surface area contributed by atoms with Gasteiger partial charge in [-0.25, -0.2) is 4.39 Å². The van der Waals surface area contributed by atoms with Crippen molar-refractivity contribution in [2.75, 3.05) is 11.9 Å². The van der Waals surface area contributed by atoms with Gasteiger partial charge < -0.3 is 10.1 Å². The Morgan fingerprint density at radius 2 is 1.85 bits per heavy atom. The third-order valence-corrected chi connectivity index (χ3v) is 4.44. The van der Waals surface area contributed by atoms with Crippen LogP contribution >= 0.6 is 11.3 Å². The van der Waals surface area contributed by atoms with Crippen molar-refractivity contribution in [1.82, 2.24) is 10.2 Å². The zero-order valence-corrected chi connectivity index (χ0v) is 14.8. The molecule has 0 fully saturated rings. The van der Waals surface area contributed by atoms with Gasteiger partial charge in [-0.2, -0.15) is 0 Å². The molecule has 0 bridgehead atoms. The number of anilines is 1. The first-order valence-electron chi connectivity index (χ1n) is 8.23. The van der Waals surface area contributed by atoms with E-state index in [4.69, 9.17) is 4.74 Å². The Balaban J connectivity index is 1.41. The van der Waals surface area contributed by atoms with Crippen molar-refractivity contribution >= 4 is 22.4 Å². The summed E-state index contributed by atoms with van der Waals surface area (Å²) in [4.78, 5) is 12.0. The van der Waals surface area contributed by atoms with Crippen LogP contribution in [0.3, 0.4) is 0 Å². The van der Waals surface area contributed by atoms with Crippen molar-refractivity contribution < 1.29 is 13.9 Å². The number of benzene rings is 2. The van der Waals surface area contributed by atoms with Crippen LogP contribution in [-0.4, -0.2) is 22.7 Å². The van der Waals surface area contributed by atoms with Gasteiger partial charge in [0, 0.05) is 6.42 Å². The first-order chi connectivity index (χ1) is 12.7. The Hall–Kier alpha value is -2.80. The van der Waals surface area contributed by atoms with Gasteiger partial charge in [0.2, 0.25) is 11.0 Å². The molecule has 134 valence electrons. The zero-order chi connectivity index (χ0) is 18.2. The first kappa shape index (κ1) is 18.0. The third kappa shape index (κ3) is 5.63. The summed E-state index contributed by atoms with van der Waals surface area (Å²) < 4.78 is 18.5. The van der Waals surface area contributed by atoms with Crippen LogP contribution in [0, 0.1) is 5.82 Å². The molecular formula is C19H18FN3O2S. The average molecular weight is 371 g/mol. The second kappa shape index (κ2) is 9.05. The average Bonchev–Trinajstić information content (AvgIpc) is 3.09. The topological polar surface area (TPSA) is 64.1 Å². The van der Waals surface area contributed by atoms with Crippen LogP contribution in [-0.2, 0) is 17.6 Å². The number of para-hydroxylation sites is 1. The number of aromatic nitrogens is 2. The van der Waals surface area contributed by atoms with Gasteiger partial charge in [-0.1, -0.05) is 41.7 Å². The van der Waals surface area contributed by atoms with Crippen LogP contribution in [0.25, 0.3) is 0 Å². The highest BCUT2D eigenvalue weighted by Crippen LogP contribution is 2.17. The van der Waals surface area contributed by atoms with E-state index in [-0.39, 0.29) is 18.1 Å². The lowest BCUT2D eigenvalue weighted by molar-refractivity contribution is -0.115. The molecular weight excluding hydrogens is 353 g/mol. The lowest BCUT2D eigenvalue weighted by atomic mass is 10.1. The van der Waals surface area contributed by atoms with Crippen LogP contribution < -0.4 is 10.1 Å². The Kier molecular flexibility index (Phi) is 6.27. The van der Waals surface area contributed by atoms with Crippen molar-refractivity contribution in [1.29, 1.82) is 0 Å². The number of carbonyl (C=O) groups is 1. The molecule has 3 rings (SSSR count). The van der Waals surface area contributed by atoms with Crippen molar-refractivity contribution in [3.63, 3.8) is 0 Å². The number of nitrogens with one attached hydrogen (secondary N) is 1. The van der Waals surface area contributed by atoms with Crippen molar-refractivity contribution in [2.45, 2.75) is 19.3 Å². The molecule has 0 saturated heterocycles. The normalized spacial score (nSPS) is 10.5. The summed E-state index contributed by atoms with van der Waals surface area (Å²) in [6, 6.07) is 15.5. The molecule has 2 aromatic carbocycles. The molecule has 1 aromatic heterocycles. The molecule has 0 aliphatic rings. The van der Waals surface area contributed by atoms with Crippen LogP contribution in [0.15, 0.2) is 54.6 Å². The fourth-order valence-electron chi connectivity index (χ4n) is 2.29. The van der Waals surface area contributed by atoms with Crippen LogP contribution in [0.5, 0.6) is 5.75 Å². The molecule has 0 atom stereocenters. The van der Waals surface area contributed by atoms with Crippen LogP contribution in [0.2, 0.25) is 0 Å². The molecule has 26 heavy (non-hydrogen) atoms. The quantitative estimate of drug-likeness (QED) is 0.611. The molecule has 0 aliphatic carbocycles. The summed E-state index contributed by atoms with van der Waals surface area (Å²) in [5.74, 6) is 0.324. The lowest BCUT2D eigenvalue weighted by Crippen LogP contribution is -2.14. The van der Waals surface area contributed by atoms with Gasteiger partial charge >= 0.3 is 0 Å². The number of rotatable bonds is 8. The number of amides is 1. The summed E-state index contributed by atoms with van der Waals surface area (Å²) in [5.41, 5.74) is 0.742. The Bertz CT molecular complexity index is 838. The number of halogens is 1. The van der Waals surface area contributed by atoms with E-state index in [1.165, 1.54) is 23.5 Å². The van der Waals surface area contributed by atoms with Crippen LogP contribution in [0.4, 0.5) is 9.52 Å². The van der Waals surface area contributed by atoms with Gasteiger partial charge in [-0.15, -0.1) is 10.2 Å². The van der Waals surface area contributed by atoms with Gasteiger partial charge in [-0.05, 0) is 36.2 Å². The Morgan fingerprint density at radius 3 is 2.62 bits per heavy atom. The molecule has 1 heterocycles. The molecule has 5 nitrogen and oxygen atoms in total. The van der Waals surface area contributed by atoms with E-state index < -0.39 is 0 Å². The van der Waals surface area contributed by atoms with E-state index in [2.05, 4.69) is 15.5 Å². The fourth-order valence-corrected chi connectivity index (χ4v) is 3.08. The predicted octanol–water partition coefficient (Wildman–Crippen LogP) is 3.87. The monoisotopic (exact) mass is 371 g/mol. The maximum absolute atomic E-state index is 12.9. The fraction of sp³-hybridized carbons (Fsp3) is 0.211. The van der Waals surface area contributed by atoms with Gasteiger partial charge in [0.25, 0.3) is 0 Å². The van der Waals surface area contributed by atoms with Crippen molar-refractivity contribution in [3.8, 4) is 5.75 Å². The largest absolute Gasteiger partial charge is 0.494 e. The number of aryl methyl sites for hydroxylation is 1. The molecule has 0 radical (unpaired) electrons. The maximum atomic E-state index is 12.9. The van der Waals surface area contributed by atoms with E-state index >= 15 is 0 Å². The van der Waals surface area contributed by atoms with E-state index in [1.54, 1.807) is 12.1 Å². The summed E-state index contributed by atoms with van der Waals surface area (Å²) in [6.07, 6.45) is 1.71. The molecule has 3 aromatic rings. The number of nitrogens with zero attached hydrogens (tertiary/aromatic N) is 2. The summed E-state index contributed by atoms with van der Waals surface area (Å²) in [6.45, 7) is 0.593. The minimum atomic E-state index is -0.320. The maximum Gasteiger partial charge on any atom is 0.230 e. The highest BCUT2D eigenvalue weighted by Gasteiger charge is 2.09. The number of hydrogen-bond donors (Lipinski definition) is 1. The van der Waals surface area contributed by atoms with Gasteiger partial charge in [0.15, 0.2) is 0 Å². The second-order valence-corrected chi connectivity index (χ2v) is 6.68. The van der Waals surface area contributed by atoms with Gasteiger partial charge in [-0.3, -0.25) is 4.79 Å². The second-order valence-electron chi connectivity index (χ2n) is 5.62. The number of carbonyl (C=O) groups excluding carboxylic acids is 1. The lowest BCUT2D eigenvalue weighted by Gasteiger charge is -2.04. The molecule has 0 saturated carbocycles.